The third kappa shape index (κ3) is 2.41. The molecule has 0 bridgehead atoms. The number of fused-ring (bicyclic) bond motifs is 1. The summed E-state index contributed by atoms with van der Waals surface area (Å²) in [5.41, 5.74) is 1.62. The lowest BCUT2D eigenvalue weighted by molar-refractivity contribution is 0.0963. The smallest absolute Gasteiger partial charge is 0.251 e. The molecule has 100 valence electrons. The Labute approximate surface area is 115 Å². The van der Waals surface area contributed by atoms with Gasteiger partial charge in [0.15, 0.2) is 5.13 Å². The zero-order valence-corrected chi connectivity index (χ0v) is 11.5. The van der Waals surface area contributed by atoms with E-state index in [1.807, 2.05) is 18.2 Å². The molecule has 1 saturated heterocycles. The molecule has 5 nitrogen and oxygen atoms in total. The topological polar surface area (TPSA) is 54.5 Å². The van der Waals surface area contributed by atoms with E-state index >= 15 is 0 Å². The molecule has 1 aromatic carbocycles. The first-order valence-corrected chi connectivity index (χ1v) is 7.05. The Morgan fingerprint density at radius 3 is 2.95 bits per heavy atom. The zero-order valence-electron chi connectivity index (χ0n) is 10.7. The number of hydrogen-bond donors (Lipinski definition) is 1. The first kappa shape index (κ1) is 12.4. The zero-order chi connectivity index (χ0) is 13.2. The summed E-state index contributed by atoms with van der Waals surface area (Å²) in [4.78, 5) is 18.5. The molecule has 0 spiro atoms. The Morgan fingerprint density at radius 2 is 2.21 bits per heavy atom. The predicted octanol–water partition coefficient (Wildman–Crippen LogP) is 1.49. The number of ether oxygens (including phenoxy) is 1. The minimum Gasteiger partial charge on any atom is -0.378 e. The molecule has 3 rings (SSSR count). The third-order valence-corrected chi connectivity index (χ3v) is 4.23. The van der Waals surface area contributed by atoms with Gasteiger partial charge in [-0.25, -0.2) is 4.98 Å². The molecule has 1 aliphatic rings. The molecule has 1 amide bonds. The average Bonchev–Trinajstić information content (AvgIpc) is 2.90. The summed E-state index contributed by atoms with van der Waals surface area (Å²) in [7, 11) is 1.64. The SMILES string of the molecule is CNC(=O)c1ccc2nc(N3CCOCC3)sc2c1. The van der Waals surface area contributed by atoms with Crippen molar-refractivity contribution in [1.82, 2.24) is 10.3 Å². The van der Waals surface area contributed by atoms with Crippen molar-refractivity contribution in [3.05, 3.63) is 23.8 Å². The first-order valence-electron chi connectivity index (χ1n) is 6.23. The average molecular weight is 277 g/mol. The van der Waals surface area contributed by atoms with E-state index in [0.717, 1.165) is 41.7 Å². The highest BCUT2D eigenvalue weighted by atomic mass is 32.1. The summed E-state index contributed by atoms with van der Waals surface area (Å²) in [5, 5.41) is 3.64. The van der Waals surface area contributed by atoms with Crippen LogP contribution in [0.25, 0.3) is 10.2 Å². The van der Waals surface area contributed by atoms with Crippen LogP contribution in [0, 0.1) is 0 Å². The summed E-state index contributed by atoms with van der Waals surface area (Å²) in [5.74, 6) is -0.0665. The van der Waals surface area contributed by atoms with Crippen LogP contribution in [0.5, 0.6) is 0 Å². The predicted molar refractivity (Wildman–Crippen MR) is 76.0 cm³/mol. The Morgan fingerprint density at radius 1 is 1.42 bits per heavy atom. The van der Waals surface area contributed by atoms with Crippen molar-refractivity contribution >= 4 is 32.6 Å². The maximum Gasteiger partial charge on any atom is 0.251 e. The molecule has 0 aliphatic carbocycles. The van der Waals surface area contributed by atoms with Crippen LogP contribution in [0.3, 0.4) is 0 Å². The fourth-order valence-corrected chi connectivity index (χ4v) is 3.14. The van der Waals surface area contributed by atoms with E-state index in [2.05, 4.69) is 15.2 Å². The van der Waals surface area contributed by atoms with Gasteiger partial charge in [0.25, 0.3) is 5.91 Å². The molecule has 2 aromatic rings. The highest BCUT2D eigenvalue weighted by molar-refractivity contribution is 7.22. The molecule has 0 radical (unpaired) electrons. The summed E-state index contributed by atoms with van der Waals surface area (Å²) >= 11 is 1.63. The van der Waals surface area contributed by atoms with E-state index in [9.17, 15) is 4.79 Å². The summed E-state index contributed by atoms with van der Waals surface area (Å²) in [6.07, 6.45) is 0. The fraction of sp³-hybridized carbons (Fsp3) is 0.385. The second-order valence-electron chi connectivity index (χ2n) is 4.36. The van der Waals surface area contributed by atoms with E-state index in [1.165, 1.54) is 0 Å². The molecule has 0 atom stereocenters. The monoisotopic (exact) mass is 277 g/mol. The number of amides is 1. The largest absolute Gasteiger partial charge is 0.378 e. The van der Waals surface area contributed by atoms with Gasteiger partial charge in [-0.3, -0.25) is 4.79 Å². The van der Waals surface area contributed by atoms with Crippen LogP contribution in [-0.4, -0.2) is 44.2 Å². The van der Waals surface area contributed by atoms with E-state index in [0.29, 0.717) is 5.56 Å². The lowest BCUT2D eigenvalue weighted by atomic mass is 10.2. The van der Waals surface area contributed by atoms with Crippen molar-refractivity contribution in [2.45, 2.75) is 0 Å². The van der Waals surface area contributed by atoms with E-state index in [1.54, 1.807) is 18.4 Å². The van der Waals surface area contributed by atoms with Crippen molar-refractivity contribution in [2.24, 2.45) is 0 Å². The van der Waals surface area contributed by atoms with Crippen molar-refractivity contribution in [1.29, 1.82) is 0 Å². The van der Waals surface area contributed by atoms with Gasteiger partial charge in [0.05, 0.1) is 23.4 Å². The van der Waals surface area contributed by atoms with Crippen molar-refractivity contribution in [3.8, 4) is 0 Å². The standard InChI is InChI=1S/C13H15N3O2S/c1-14-12(17)9-2-3-10-11(8-9)19-13(15-10)16-4-6-18-7-5-16/h2-3,8H,4-7H2,1H3,(H,14,17). The van der Waals surface area contributed by atoms with Crippen LogP contribution in [0.1, 0.15) is 10.4 Å². The normalized spacial score (nSPS) is 15.7. The van der Waals surface area contributed by atoms with Crippen LogP contribution < -0.4 is 10.2 Å². The summed E-state index contributed by atoms with van der Waals surface area (Å²) in [6.45, 7) is 3.25. The maximum absolute atomic E-state index is 11.6. The van der Waals surface area contributed by atoms with Gasteiger partial charge in [-0.15, -0.1) is 0 Å². The van der Waals surface area contributed by atoms with Gasteiger partial charge in [0, 0.05) is 25.7 Å². The number of nitrogens with one attached hydrogen (secondary N) is 1. The van der Waals surface area contributed by atoms with Crippen molar-refractivity contribution in [2.75, 3.05) is 38.3 Å². The first-order chi connectivity index (χ1) is 9.28. The Balaban J connectivity index is 1.93. The lowest BCUT2D eigenvalue weighted by Crippen LogP contribution is -2.36. The summed E-state index contributed by atoms with van der Waals surface area (Å²) in [6, 6.07) is 5.61. The minimum absolute atomic E-state index is 0.0665. The number of hydrogen-bond acceptors (Lipinski definition) is 5. The van der Waals surface area contributed by atoms with Crippen molar-refractivity contribution < 1.29 is 9.53 Å². The number of aromatic nitrogens is 1. The molecule has 2 heterocycles. The molecule has 1 aliphatic heterocycles. The van der Waals surface area contributed by atoms with Crippen molar-refractivity contribution in [3.63, 3.8) is 0 Å². The Bertz CT molecular complexity index is 605. The lowest BCUT2D eigenvalue weighted by Gasteiger charge is -2.25. The molecule has 1 N–H and O–H groups in total. The molecule has 19 heavy (non-hydrogen) atoms. The molecule has 6 heteroatoms. The van der Waals surface area contributed by atoms with Gasteiger partial charge in [-0.1, -0.05) is 11.3 Å². The number of nitrogens with zero attached hydrogens (tertiary/aromatic N) is 2. The van der Waals surface area contributed by atoms with Gasteiger partial charge >= 0.3 is 0 Å². The van der Waals surface area contributed by atoms with Gasteiger partial charge in [0.1, 0.15) is 0 Å². The molecule has 1 aromatic heterocycles. The second kappa shape index (κ2) is 5.14. The minimum atomic E-state index is -0.0665. The van der Waals surface area contributed by atoms with Gasteiger partial charge < -0.3 is 15.0 Å². The van der Waals surface area contributed by atoms with Gasteiger partial charge in [-0.2, -0.15) is 0 Å². The number of benzene rings is 1. The maximum atomic E-state index is 11.6. The highest BCUT2D eigenvalue weighted by Gasteiger charge is 2.16. The third-order valence-electron chi connectivity index (χ3n) is 3.15. The highest BCUT2D eigenvalue weighted by Crippen LogP contribution is 2.29. The van der Waals surface area contributed by atoms with Crippen LogP contribution >= 0.6 is 11.3 Å². The molecule has 0 saturated carbocycles. The van der Waals surface area contributed by atoms with Crippen LogP contribution in [-0.2, 0) is 4.74 Å². The number of carbonyl (C=O) groups is 1. The van der Waals surface area contributed by atoms with E-state index in [-0.39, 0.29) is 5.91 Å². The number of anilines is 1. The van der Waals surface area contributed by atoms with E-state index < -0.39 is 0 Å². The van der Waals surface area contributed by atoms with Gasteiger partial charge in [-0.05, 0) is 18.2 Å². The molecular weight excluding hydrogens is 262 g/mol. The van der Waals surface area contributed by atoms with Gasteiger partial charge in [0.2, 0.25) is 0 Å². The number of thiazole rings is 1. The number of carbonyl (C=O) groups excluding carboxylic acids is 1. The summed E-state index contributed by atoms with van der Waals surface area (Å²) < 4.78 is 6.39. The van der Waals surface area contributed by atoms with Crippen LogP contribution in [0.4, 0.5) is 5.13 Å². The Kier molecular flexibility index (Phi) is 3.35. The quantitative estimate of drug-likeness (QED) is 0.903. The second-order valence-corrected chi connectivity index (χ2v) is 5.37. The molecular formula is C13H15N3O2S. The van der Waals surface area contributed by atoms with Crippen LogP contribution in [0.2, 0.25) is 0 Å². The Hall–Kier alpha value is -1.66. The fourth-order valence-electron chi connectivity index (χ4n) is 2.09. The van der Waals surface area contributed by atoms with E-state index in [4.69, 9.17) is 4.74 Å². The molecule has 1 fully saturated rings. The number of morpholine rings is 1. The van der Waals surface area contributed by atoms with Crippen LogP contribution in [0.15, 0.2) is 18.2 Å². The number of rotatable bonds is 2. The molecule has 0 unspecified atom stereocenters.